The van der Waals surface area contributed by atoms with Crippen LogP contribution in [0.4, 0.5) is 0 Å². The van der Waals surface area contributed by atoms with E-state index in [2.05, 4.69) is 92.9 Å². The van der Waals surface area contributed by atoms with Gasteiger partial charge in [0.25, 0.3) is 8.32 Å². The minimum Gasteiger partial charge on any atom is -0.406 e. The second-order valence-corrected chi connectivity index (χ2v) is 13.9. The van der Waals surface area contributed by atoms with Crippen molar-refractivity contribution in [3.63, 3.8) is 0 Å². The van der Waals surface area contributed by atoms with Crippen molar-refractivity contribution in [3.8, 4) is 0 Å². The molecule has 0 radical (unpaired) electrons. The highest BCUT2D eigenvalue weighted by Crippen LogP contribution is 2.43. The zero-order valence-electron chi connectivity index (χ0n) is 17.6. The number of benzene rings is 2. The maximum absolute atomic E-state index is 7.26. The fourth-order valence-corrected chi connectivity index (χ4v) is 10.1. The summed E-state index contributed by atoms with van der Waals surface area (Å²) >= 11 is 0. The molecule has 1 atom stereocenters. The molecular formula is C25H33NOSi. The minimum absolute atomic E-state index is 0.0331. The third-order valence-corrected chi connectivity index (χ3v) is 11.7. The second kappa shape index (κ2) is 7.29. The summed E-state index contributed by atoms with van der Waals surface area (Å²) in [5, 5.41) is 2.77. The predicted molar refractivity (Wildman–Crippen MR) is 121 cm³/mol. The first-order valence-electron chi connectivity index (χ1n) is 10.5. The van der Waals surface area contributed by atoms with Crippen LogP contribution in [0.1, 0.15) is 40.0 Å². The predicted octanol–water partition coefficient (Wildman–Crippen LogP) is 4.36. The van der Waals surface area contributed by atoms with E-state index in [1.165, 1.54) is 35.3 Å². The largest absolute Gasteiger partial charge is 0.406 e. The Kier molecular flexibility index (Phi) is 5.11. The van der Waals surface area contributed by atoms with Crippen molar-refractivity contribution in [2.24, 2.45) is 0 Å². The lowest BCUT2D eigenvalue weighted by Gasteiger charge is -2.45. The summed E-state index contributed by atoms with van der Waals surface area (Å²) in [7, 11) is -2.46. The van der Waals surface area contributed by atoms with Crippen LogP contribution in [0, 0.1) is 0 Å². The summed E-state index contributed by atoms with van der Waals surface area (Å²) in [6.45, 7) is 14.4. The number of fused-ring (bicyclic) bond motifs is 1. The van der Waals surface area contributed by atoms with Gasteiger partial charge < -0.3 is 4.43 Å². The number of rotatable bonds is 5. The summed E-state index contributed by atoms with van der Waals surface area (Å²) < 4.78 is 7.26. The Balaban J connectivity index is 1.78. The van der Waals surface area contributed by atoms with E-state index >= 15 is 0 Å². The van der Waals surface area contributed by atoms with Crippen molar-refractivity contribution in [3.05, 3.63) is 72.8 Å². The van der Waals surface area contributed by atoms with Crippen molar-refractivity contribution in [1.29, 1.82) is 0 Å². The number of hydrogen-bond donors (Lipinski definition) is 0. The third kappa shape index (κ3) is 3.20. The van der Waals surface area contributed by atoms with E-state index in [9.17, 15) is 0 Å². The summed E-state index contributed by atoms with van der Waals surface area (Å²) in [6, 6.07) is 22.0. The minimum atomic E-state index is -2.46. The Morgan fingerprint density at radius 3 is 2.11 bits per heavy atom. The lowest BCUT2D eigenvalue weighted by molar-refractivity contribution is 0.108. The van der Waals surface area contributed by atoms with Gasteiger partial charge in [0, 0.05) is 12.1 Å². The van der Waals surface area contributed by atoms with Crippen molar-refractivity contribution in [1.82, 2.24) is 4.90 Å². The molecule has 0 amide bonds. The van der Waals surface area contributed by atoms with Gasteiger partial charge >= 0.3 is 0 Å². The fourth-order valence-electron chi connectivity index (χ4n) is 5.45. The highest BCUT2D eigenvalue weighted by atomic mass is 28.4. The van der Waals surface area contributed by atoms with Gasteiger partial charge in [-0.05, 0) is 41.2 Å². The summed E-state index contributed by atoms with van der Waals surface area (Å²) in [5.74, 6) is 0. The molecule has 2 heterocycles. The van der Waals surface area contributed by atoms with Crippen LogP contribution in [0.15, 0.2) is 72.8 Å². The van der Waals surface area contributed by atoms with Crippen molar-refractivity contribution in [2.45, 2.75) is 50.6 Å². The second-order valence-electron chi connectivity index (χ2n) is 9.63. The first kappa shape index (κ1) is 19.6. The molecule has 2 aromatic carbocycles. The SMILES string of the molecule is C=C1CN2CCC[C@@]2(CO[Si](c2ccccc2)(c2ccccc2)C(C)(C)C)C1. The molecule has 2 aliphatic heterocycles. The molecule has 3 heteroatoms. The third-order valence-electron chi connectivity index (χ3n) is 6.71. The Hall–Kier alpha value is -1.68. The van der Waals surface area contributed by atoms with Gasteiger partial charge in [-0.2, -0.15) is 0 Å². The van der Waals surface area contributed by atoms with Gasteiger partial charge in [0.2, 0.25) is 0 Å². The standard InChI is InChI=1S/C25H33NOSi/c1-21-18-25(16-11-17-26(25)19-21)20-27-28(24(2,3)4,22-12-7-5-8-13-22)23-14-9-6-10-15-23/h5-10,12-15H,1,11,16-20H2,2-4H3/t25-/m0/s1. The van der Waals surface area contributed by atoms with Gasteiger partial charge in [-0.3, -0.25) is 4.90 Å². The zero-order chi connectivity index (χ0) is 19.8. The molecule has 2 aliphatic rings. The molecule has 148 valence electrons. The van der Waals surface area contributed by atoms with Crippen molar-refractivity contribution < 1.29 is 4.43 Å². The fraction of sp³-hybridized carbons (Fsp3) is 0.440. The van der Waals surface area contributed by atoms with E-state index in [1.807, 2.05) is 0 Å². The quantitative estimate of drug-likeness (QED) is 0.555. The number of nitrogens with zero attached hydrogens (tertiary/aromatic N) is 1. The molecule has 2 fully saturated rings. The van der Waals surface area contributed by atoms with E-state index in [0.29, 0.717) is 0 Å². The molecule has 28 heavy (non-hydrogen) atoms. The van der Waals surface area contributed by atoms with Crippen molar-refractivity contribution in [2.75, 3.05) is 19.7 Å². The molecule has 0 spiro atoms. The molecule has 2 aromatic rings. The molecule has 0 N–H and O–H groups in total. The Morgan fingerprint density at radius 2 is 1.57 bits per heavy atom. The number of hydrogen-bond acceptors (Lipinski definition) is 2. The molecule has 4 rings (SSSR count). The van der Waals surface area contributed by atoms with Crippen molar-refractivity contribution >= 4 is 18.7 Å². The molecular weight excluding hydrogens is 358 g/mol. The average molecular weight is 392 g/mol. The lowest BCUT2D eigenvalue weighted by Crippen LogP contribution is -2.68. The lowest BCUT2D eigenvalue weighted by atomic mass is 9.94. The van der Waals surface area contributed by atoms with Crippen LogP contribution in [-0.4, -0.2) is 38.5 Å². The van der Waals surface area contributed by atoms with Gasteiger partial charge in [0.15, 0.2) is 0 Å². The van der Waals surface area contributed by atoms with E-state index < -0.39 is 8.32 Å². The Morgan fingerprint density at radius 1 is 1.00 bits per heavy atom. The van der Waals surface area contributed by atoms with Gasteiger partial charge in [-0.25, -0.2) is 0 Å². The maximum Gasteiger partial charge on any atom is 0.261 e. The molecule has 0 aliphatic carbocycles. The van der Waals surface area contributed by atoms with Gasteiger partial charge in [0.05, 0.1) is 6.61 Å². The summed E-state index contributed by atoms with van der Waals surface area (Å²) in [4.78, 5) is 2.63. The van der Waals surface area contributed by atoms with Crippen LogP contribution in [0.5, 0.6) is 0 Å². The molecule has 0 saturated carbocycles. The Bertz CT molecular complexity index is 787. The van der Waals surface area contributed by atoms with E-state index in [1.54, 1.807) is 0 Å². The molecule has 0 bridgehead atoms. The van der Waals surface area contributed by atoms with Crippen LogP contribution in [0.2, 0.25) is 5.04 Å². The van der Waals surface area contributed by atoms with Crippen LogP contribution in [0.25, 0.3) is 0 Å². The van der Waals surface area contributed by atoms with Gasteiger partial charge in [-0.15, -0.1) is 0 Å². The van der Waals surface area contributed by atoms with Crippen LogP contribution < -0.4 is 10.4 Å². The molecule has 0 unspecified atom stereocenters. The monoisotopic (exact) mass is 391 g/mol. The topological polar surface area (TPSA) is 12.5 Å². The molecule has 2 saturated heterocycles. The highest BCUT2D eigenvalue weighted by molar-refractivity contribution is 6.99. The van der Waals surface area contributed by atoms with E-state index in [4.69, 9.17) is 4.43 Å². The van der Waals surface area contributed by atoms with E-state index in [-0.39, 0.29) is 10.6 Å². The maximum atomic E-state index is 7.26. The summed E-state index contributed by atoms with van der Waals surface area (Å²) in [6.07, 6.45) is 3.59. The first-order chi connectivity index (χ1) is 13.4. The molecule has 0 aromatic heterocycles. The normalized spacial score (nSPS) is 23.2. The van der Waals surface area contributed by atoms with E-state index in [0.717, 1.165) is 19.6 Å². The van der Waals surface area contributed by atoms with Crippen LogP contribution >= 0.6 is 0 Å². The van der Waals surface area contributed by atoms with Gasteiger partial charge in [-0.1, -0.05) is 93.6 Å². The first-order valence-corrected chi connectivity index (χ1v) is 12.4. The summed E-state index contributed by atoms with van der Waals surface area (Å²) in [5.41, 5.74) is 1.52. The molecule has 2 nitrogen and oxygen atoms in total. The highest BCUT2D eigenvalue weighted by Gasteiger charge is 2.53. The Labute approximate surface area is 171 Å². The van der Waals surface area contributed by atoms with Crippen LogP contribution in [0.3, 0.4) is 0 Å². The zero-order valence-corrected chi connectivity index (χ0v) is 18.6. The smallest absolute Gasteiger partial charge is 0.261 e. The van der Waals surface area contributed by atoms with Gasteiger partial charge in [0.1, 0.15) is 0 Å². The van der Waals surface area contributed by atoms with Crippen LogP contribution in [-0.2, 0) is 4.43 Å². The average Bonchev–Trinajstić information content (AvgIpc) is 3.18.